The van der Waals surface area contributed by atoms with Gasteiger partial charge < -0.3 is 0 Å². The smallest absolute Gasteiger partial charge is 0.169 e. The molecule has 2 aromatic rings. The molecule has 1 aromatic heterocycles. The van der Waals surface area contributed by atoms with E-state index in [1.807, 2.05) is 19.1 Å². The zero-order valence-corrected chi connectivity index (χ0v) is 8.63. The Morgan fingerprint density at radius 3 is 2.73 bits per heavy atom. The first-order valence-corrected chi connectivity index (χ1v) is 4.66. The minimum Gasteiger partial charge on any atom is -0.169 e. The van der Waals surface area contributed by atoms with Crippen molar-refractivity contribution >= 4 is 0 Å². The van der Waals surface area contributed by atoms with E-state index in [1.54, 1.807) is 12.1 Å². The third-order valence-electron chi connectivity index (χ3n) is 2.38. The van der Waals surface area contributed by atoms with Crippen LogP contribution in [0.4, 0.5) is 4.39 Å². The summed E-state index contributed by atoms with van der Waals surface area (Å²) in [4.78, 5) is 0. The molecular formula is C13H13FN+. The number of halogens is 1. The molecule has 0 saturated heterocycles. The zero-order valence-electron chi connectivity index (χ0n) is 11.6. The molecule has 0 aliphatic carbocycles. The molecule has 0 atom stereocenters. The van der Waals surface area contributed by atoms with Crippen LogP contribution < -0.4 is 4.57 Å². The average Bonchev–Trinajstić information content (AvgIpc) is 2.36. The standard InChI is InChI=1S/C13H13FN/c1-10-6-3-4-7-11(10)12-8-5-9-13(14)15(12)2/h3-9H,1-2H3/q+1/i5D,8D,9D. The highest BCUT2D eigenvalue weighted by atomic mass is 19.1. The second kappa shape index (κ2) is 3.81. The lowest BCUT2D eigenvalue weighted by Crippen LogP contribution is -2.35. The van der Waals surface area contributed by atoms with Crippen LogP contribution in [-0.2, 0) is 7.05 Å². The van der Waals surface area contributed by atoms with Gasteiger partial charge in [-0.15, -0.1) is 4.39 Å². The number of nitrogens with zero attached hydrogens (tertiary/aromatic N) is 1. The molecule has 0 saturated carbocycles. The Kier molecular flexibility index (Phi) is 1.71. The molecule has 0 aliphatic rings. The van der Waals surface area contributed by atoms with Crippen molar-refractivity contribution in [2.45, 2.75) is 6.92 Å². The van der Waals surface area contributed by atoms with E-state index < -0.39 is 12.0 Å². The molecule has 2 heteroatoms. The summed E-state index contributed by atoms with van der Waals surface area (Å²) in [5.74, 6) is -0.797. The van der Waals surface area contributed by atoms with Gasteiger partial charge in [-0.25, -0.2) is 0 Å². The summed E-state index contributed by atoms with van der Waals surface area (Å²) < 4.78 is 37.9. The maximum atomic E-state index is 13.8. The highest BCUT2D eigenvalue weighted by Gasteiger charge is 2.14. The van der Waals surface area contributed by atoms with Crippen molar-refractivity contribution in [1.29, 1.82) is 0 Å². The third kappa shape index (κ3) is 1.75. The predicted molar refractivity (Wildman–Crippen MR) is 57.7 cm³/mol. The molecule has 1 nitrogen and oxygen atoms in total. The maximum Gasteiger partial charge on any atom is 0.359 e. The van der Waals surface area contributed by atoms with Crippen LogP contribution in [0.3, 0.4) is 0 Å². The summed E-state index contributed by atoms with van der Waals surface area (Å²) >= 11 is 0. The number of hydrogen-bond donors (Lipinski definition) is 0. The molecule has 0 unspecified atom stereocenters. The average molecular weight is 205 g/mol. The van der Waals surface area contributed by atoms with Gasteiger partial charge >= 0.3 is 5.95 Å². The summed E-state index contributed by atoms with van der Waals surface area (Å²) in [6, 6.07) is 6.26. The first kappa shape index (κ1) is 6.72. The van der Waals surface area contributed by atoms with E-state index in [4.69, 9.17) is 4.11 Å². The second-order valence-corrected chi connectivity index (χ2v) is 3.39. The van der Waals surface area contributed by atoms with Crippen molar-refractivity contribution in [2.75, 3.05) is 0 Å². The summed E-state index contributed by atoms with van der Waals surface area (Å²) in [5.41, 5.74) is 1.93. The zero-order chi connectivity index (χ0) is 13.4. The van der Waals surface area contributed by atoms with Gasteiger partial charge in [-0.2, -0.15) is 4.57 Å². The summed E-state index contributed by atoms with van der Waals surface area (Å²) in [7, 11) is 1.46. The van der Waals surface area contributed by atoms with E-state index in [0.717, 1.165) is 10.1 Å². The highest BCUT2D eigenvalue weighted by Crippen LogP contribution is 2.19. The van der Waals surface area contributed by atoms with Crippen molar-refractivity contribution in [3.63, 3.8) is 0 Å². The number of benzene rings is 1. The lowest BCUT2D eigenvalue weighted by Gasteiger charge is -2.03. The van der Waals surface area contributed by atoms with Crippen molar-refractivity contribution < 1.29 is 13.1 Å². The number of pyridine rings is 1. The summed E-state index contributed by atoms with van der Waals surface area (Å²) in [5, 5.41) is 0. The Balaban J connectivity index is 2.85. The van der Waals surface area contributed by atoms with Crippen LogP contribution in [0, 0.1) is 12.9 Å². The van der Waals surface area contributed by atoms with Crippen molar-refractivity contribution in [1.82, 2.24) is 0 Å². The van der Waals surface area contributed by atoms with Crippen LogP contribution in [0.5, 0.6) is 0 Å². The molecular weight excluding hydrogens is 189 g/mol. The van der Waals surface area contributed by atoms with Crippen molar-refractivity contribution in [3.05, 3.63) is 53.9 Å². The van der Waals surface area contributed by atoms with E-state index >= 15 is 0 Å². The third-order valence-corrected chi connectivity index (χ3v) is 2.38. The van der Waals surface area contributed by atoms with E-state index in [0.29, 0.717) is 11.3 Å². The fourth-order valence-corrected chi connectivity index (χ4v) is 1.49. The van der Waals surface area contributed by atoms with Gasteiger partial charge in [0.25, 0.3) is 0 Å². The normalized spacial score (nSPS) is 13.1. The lowest BCUT2D eigenvalue weighted by atomic mass is 10.1. The largest absolute Gasteiger partial charge is 0.359 e. The molecule has 0 amide bonds. The molecule has 0 aliphatic heterocycles. The Hall–Kier alpha value is -1.70. The minimum absolute atomic E-state index is 0.127. The number of aryl methyl sites for hydroxylation is 1. The summed E-state index contributed by atoms with van der Waals surface area (Å²) in [6.45, 7) is 1.87. The monoisotopic (exact) mass is 205 g/mol. The number of rotatable bonds is 1. The highest BCUT2D eigenvalue weighted by molar-refractivity contribution is 5.60. The number of hydrogen-bond acceptors (Lipinski definition) is 0. The van der Waals surface area contributed by atoms with E-state index in [9.17, 15) is 4.39 Å². The molecule has 0 radical (unpaired) electrons. The second-order valence-electron chi connectivity index (χ2n) is 3.39. The maximum absolute atomic E-state index is 13.8. The first-order valence-electron chi connectivity index (χ1n) is 6.16. The minimum atomic E-state index is -0.797. The van der Waals surface area contributed by atoms with Crippen molar-refractivity contribution in [3.8, 4) is 11.3 Å². The SMILES string of the molecule is [2H]c1c([2H])c(F)[n+](C)c(-c2ccccc2C)c1[2H]. The van der Waals surface area contributed by atoms with Gasteiger partial charge in [-0.3, -0.25) is 0 Å². The molecule has 0 fully saturated rings. The Bertz CT molecular complexity index is 597. The Morgan fingerprint density at radius 1 is 1.27 bits per heavy atom. The molecule has 1 aromatic carbocycles. The van der Waals surface area contributed by atoms with Gasteiger partial charge in [0.1, 0.15) is 7.05 Å². The van der Waals surface area contributed by atoms with Gasteiger partial charge in [-0.1, -0.05) is 18.2 Å². The van der Waals surface area contributed by atoms with Crippen molar-refractivity contribution in [2.24, 2.45) is 7.05 Å². The van der Waals surface area contributed by atoms with Crippen LogP contribution >= 0.6 is 0 Å². The predicted octanol–water partition coefficient (Wildman–Crippen LogP) is 2.63. The summed E-state index contributed by atoms with van der Waals surface area (Å²) in [6.07, 6.45) is 0. The van der Waals surface area contributed by atoms with Crippen LogP contribution in [0.25, 0.3) is 11.3 Å². The van der Waals surface area contributed by atoms with E-state index in [-0.39, 0.29) is 12.1 Å². The molecule has 1 heterocycles. The first-order chi connectivity index (χ1) is 8.45. The van der Waals surface area contributed by atoms with Gasteiger partial charge in [-0.05, 0) is 24.6 Å². The van der Waals surface area contributed by atoms with E-state index in [2.05, 4.69) is 0 Å². The van der Waals surface area contributed by atoms with Crippen LogP contribution in [0.2, 0.25) is 0 Å². The quantitative estimate of drug-likeness (QED) is 0.497. The topological polar surface area (TPSA) is 3.88 Å². The Labute approximate surface area is 93.0 Å². The Morgan fingerprint density at radius 2 is 2.00 bits per heavy atom. The molecule has 15 heavy (non-hydrogen) atoms. The molecule has 0 N–H and O–H groups in total. The lowest BCUT2D eigenvalue weighted by molar-refractivity contribution is -0.689. The molecule has 0 spiro atoms. The molecule has 0 bridgehead atoms. The van der Waals surface area contributed by atoms with Crippen LogP contribution in [-0.4, -0.2) is 0 Å². The van der Waals surface area contributed by atoms with E-state index in [1.165, 1.54) is 7.05 Å². The number of aromatic nitrogens is 1. The van der Waals surface area contributed by atoms with Crippen LogP contribution in [0.15, 0.2) is 42.4 Å². The fraction of sp³-hybridized carbons (Fsp3) is 0.154. The van der Waals surface area contributed by atoms with Gasteiger partial charge in [0.15, 0.2) is 0 Å². The van der Waals surface area contributed by atoms with Gasteiger partial charge in [0.2, 0.25) is 5.69 Å². The fourth-order valence-electron chi connectivity index (χ4n) is 1.49. The van der Waals surface area contributed by atoms with Gasteiger partial charge in [0, 0.05) is 17.6 Å². The van der Waals surface area contributed by atoms with Crippen LogP contribution in [0.1, 0.15) is 9.68 Å². The molecule has 76 valence electrons. The van der Waals surface area contributed by atoms with Gasteiger partial charge in [0.05, 0.1) is 4.11 Å². The molecule has 2 rings (SSSR count).